The molecule has 0 unspecified atom stereocenters. The molecule has 7 heteroatoms. The second-order valence-electron chi connectivity index (χ2n) is 9.23. The van der Waals surface area contributed by atoms with Crippen LogP contribution in [0.3, 0.4) is 0 Å². The Balaban J connectivity index is 1.53. The van der Waals surface area contributed by atoms with Crippen molar-refractivity contribution in [3.05, 3.63) is 66.0 Å². The second kappa shape index (κ2) is 9.83. The van der Waals surface area contributed by atoms with E-state index in [9.17, 15) is 14.4 Å². The monoisotopic (exact) mass is 448 g/mol. The first-order valence-corrected chi connectivity index (χ1v) is 11.7. The summed E-state index contributed by atoms with van der Waals surface area (Å²) in [6.07, 6.45) is 2.24. The van der Waals surface area contributed by atoms with Gasteiger partial charge in [0.1, 0.15) is 0 Å². The Hall–Kier alpha value is -3.06. The zero-order valence-electron chi connectivity index (χ0n) is 19.4. The van der Waals surface area contributed by atoms with Gasteiger partial charge in [-0.2, -0.15) is 0 Å². The van der Waals surface area contributed by atoms with Crippen molar-refractivity contribution in [3.63, 3.8) is 0 Å². The van der Waals surface area contributed by atoms with Crippen LogP contribution in [0, 0.1) is 0 Å². The fourth-order valence-electron chi connectivity index (χ4n) is 4.88. The van der Waals surface area contributed by atoms with Crippen LogP contribution in [0.4, 0.5) is 0 Å². The highest BCUT2D eigenvalue weighted by atomic mass is 16.2. The third-order valence-electron chi connectivity index (χ3n) is 6.90. The van der Waals surface area contributed by atoms with Gasteiger partial charge in [-0.15, -0.1) is 0 Å². The zero-order valence-corrected chi connectivity index (χ0v) is 19.4. The van der Waals surface area contributed by atoms with E-state index in [1.54, 1.807) is 6.20 Å². The quantitative estimate of drug-likeness (QED) is 0.608. The molecule has 3 heterocycles. The van der Waals surface area contributed by atoms with Gasteiger partial charge in [0.05, 0.1) is 5.41 Å². The molecule has 0 saturated carbocycles. The number of carbonyl (C=O) groups is 3. The molecule has 3 amide bonds. The number of hydrogen-bond acceptors (Lipinski definition) is 5. The van der Waals surface area contributed by atoms with Crippen molar-refractivity contribution in [1.29, 1.82) is 0 Å². The topological polar surface area (TPSA) is 73.8 Å². The first kappa shape index (κ1) is 23.1. The minimum atomic E-state index is -1.14. The molecular weight excluding hydrogens is 416 g/mol. The molecule has 2 fully saturated rings. The third kappa shape index (κ3) is 4.83. The van der Waals surface area contributed by atoms with Gasteiger partial charge < -0.3 is 4.90 Å². The number of amides is 3. The largest absolute Gasteiger partial charge is 0.340 e. The van der Waals surface area contributed by atoms with E-state index in [1.165, 1.54) is 4.90 Å². The van der Waals surface area contributed by atoms with Crippen LogP contribution >= 0.6 is 0 Å². The van der Waals surface area contributed by atoms with E-state index >= 15 is 0 Å². The number of aromatic nitrogens is 1. The minimum Gasteiger partial charge on any atom is -0.340 e. The predicted molar refractivity (Wildman–Crippen MR) is 125 cm³/mol. The molecule has 0 spiro atoms. The van der Waals surface area contributed by atoms with E-state index in [0.29, 0.717) is 25.6 Å². The van der Waals surface area contributed by atoms with Crippen LogP contribution in [0.15, 0.2) is 54.7 Å². The van der Waals surface area contributed by atoms with E-state index in [0.717, 1.165) is 24.3 Å². The number of piperazine rings is 1. The Morgan fingerprint density at radius 2 is 1.70 bits per heavy atom. The molecule has 0 radical (unpaired) electrons. The maximum Gasteiger partial charge on any atom is 0.240 e. The highest BCUT2D eigenvalue weighted by Crippen LogP contribution is 2.40. The fraction of sp³-hybridized carbons (Fsp3) is 0.462. The van der Waals surface area contributed by atoms with Crippen molar-refractivity contribution in [2.75, 3.05) is 32.7 Å². The lowest BCUT2D eigenvalue weighted by atomic mass is 9.75. The number of benzene rings is 1. The zero-order chi connectivity index (χ0) is 23.4. The summed E-state index contributed by atoms with van der Waals surface area (Å²) in [7, 11) is 0. The van der Waals surface area contributed by atoms with Crippen molar-refractivity contribution in [3.8, 4) is 0 Å². The van der Waals surface area contributed by atoms with E-state index in [2.05, 4.69) is 23.7 Å². The van der Waals surface area contributed by atoms with E-state index in [4.69, 9.17) is 0 Å². The van der Waals surface area contributed by atoms with Crippen molar-refractivity contribution < 1.29 is 14.4 Å². The normalized spacial score (nSPS) is 21.8. The Kier molecular flexibility index (Phi) is 6.88. The van der Waals surface area contributed by atoms with Crippen molar-refractivity contribution in [2.24, 2.45) is 0 Å². The molecule has 7 nitrogen and oxygen atoms in total. The van der Waals surface area contributed by atoms with Crippen molar-refractivity contribution in [1.82, 2.24) is 19.7 Å². The Morgan fingerprint density at radius 1 is 1.00 bits per heavy atom. The van der Waals surface area contributed by atoms with Crippen LogP contribution in [-0.4, -0.2) is 76.2 Å². The standard InChI is InChI=1S/C26H32N4O3/c1-20(2)28-14-16-29(17-15-28)23(31)18-26(21-8-4-3-5-9-21)19-24(32)30(25(26)33)13-11-22-10-6-7-12-27-22/h3-10,12,20H,11,13-19H2,1-2H3/t26-/m1/s1. The number of hydrogen-bond donors (Lipinski definition) is 0. The predicted octanol–water partition coefficient (Wildman–Crippen LogP) is 2.26. The van der Waals surface area contributed by atoms with Gasteiger partial charge >= 0.3 is 0 Å². The summed E-state index contributed by atoms with van der Waals surface area (Å²) in [5.41, 5.74) is 0.418. The van der Waals surface area contributed by atoms with Gasteiger partial charge in [0.15, 0.2) is 0 Å². The van der Waals surface area contributed by atoms with Crippen LogP contribution < -0.4 is 0 Å². The summed E-state index contributed by atoms with van der Waals surface area (Å²) in [5, 5.41) is 0. The minimum absolute atomic E-state index is 0.0172. The molecule has 2 aromatic rings. The lowest BCUT2D eigenvalue weighted by molar-refractivity contribution is -0.143. The molecule has 2 saturated heterocycles. The molecule has 174 valence electrons. The number of nitrogens with zero attached hydrogens (tertiary/aromatic N) is 4. The van der Waals surface area contributed by atoms with Crippen LogP contribution in [0.25, 0.3) is 0 Å². The number of pyridine rings is 1. The van der Waals surface area contributed by atoms with Crippen molar-refractivity contribution >= 4 is 17.7 Å². The van der Waals surface area contributed by atoms with Gasteiger partial charge in [-0.25, -0.2) is 0 Å². The molecule has 0 N–H and O–H groups in total. The number of rotatable bonds is 7. The molecule has 0 aliphatic carbocycles. The molecule has 4 rings (SSSR count). The van der Waals surface area contributed by atoms with E-state index in [1.807, 2.05) is 53.4 Å². The van der Waals surface area contributed by atoms with Gasteiger partial charge in [-0.05, 0) is 31.5 Å². The molecule has 2 aliphatic rings. The lowest BCUT2D eigenvalue weighted by Crippen LogP contribution is -2.52. The number of imide groups is 1. The first-order chi connectivity index (χ1) is 15.9. The lowest BCUT2D eigenvalue weighted by Gasteiger charge is -2.38. The molecule has 1 aromatic carbocycles. The number of likely N-dealkylation sites (tertiary alicyclic amines) is 1. The number of carbonyl (C=O) groups excluding carboxylic acids is 3. The van der Waals surface area contributed by atoms with Crippen LogP contribution in [0.5, 0.6) is 0 Å². The molecular formula is C26H32N4O3. The van der Waals surface area contributed by atoms with Gasteiger partial charge in [-0.3, -0.25) is 29.2 Å². The highest BCUT2D eigenvalue weighted by molar-refractivity contribution is 6.10. The average molecular weight is 449 g/mol. The SMILES string of the molecule is CC(C)N1CCN(C(=O)C[C@]2(c3ccccc3)CC(=O)N(CCc3ccccn3)C2=O)CC1. The molecule has 1 atom stereocenters. The molecule has 1 aromatic heterocycles. The molecule has 0 bridgehead atoms. The summed E-state index contributed by atoms with van der Waals surface area (Å²) in [4.78, 5) is 49.9. The first-order valence-electron chi connectivity index (χ1n) is 11.7. The Labute approximate surface area is 195 Å². The maximum atomic E-state index is 13.7. The van der Waals surface area contributed by atoms with E-state index in [-0.39, 0.29) is 37.1 Å². The third-order valence-corrected chi connectivity index (χ3v) is 6.90. The molecule has 33 heavy (non-hydrogen) atoms. The van der Waals surface area contributed by atoms with Crippen molar-refractivity contribution in [2.45, 2.75) is 44.6 Å². The molecule has 2 aliphatic heterocycles. The summed E-state index contributed by atoms with van der Waals surface area (Å²) in [6.45, 7) is 7.52. The van der Waals surface area contributed by atoms with E-state index < -0.39 is 5.41 Å². The van der Waals surface area contributed by atoms with Crippen LogP contribution in [-0.2, 0) is 26.2 Å². The van der Waals surface area contributed by atoms with Crippen LogP contribution in [0.1, 0.15) is 37.9 Å². The summed E-state index contributed by atoms with van der Waals surface area (Å²) in [5.74, 6) is -0.559. The van der Waals surface area contributed by atoms with Gasteiger partial charge in [0.25, 0.3) is 0 Å². The maximum absolute atomic E-state index is 13.7. The van der Waals surface area contributed by atoms with Gasteiger partial charge in [0, 0.05) is 69.9 Å². The average Bonchev–Trinajstić information content (AvgIpc) is 3.08. The summed E-state index contributed by atoms with van der Waals surface area (Å²) in [6, 6.07) is 15.4. The van der Waals surface area contributed by atoms with Crippen LogP contribution in [0.2, 0.25) is 0 Å². The summed E-state index contributed by atoms with van der Waals surface area (Å²) < 4.78 is 0. The fourth-order valence-corrected chi connectivity index (χ4v) is 4.88. The second-order valence-corrected chi connectivity index (χ2v) is 9.23. The summed E-state index contributed by atoms with van der Waals surface area (Å²) >= 11 is 0. The Bertz CT molecular complexity index is 987. The van der Waals surface area contributed by atoms with Gasteiger partial charge in [0.2, 0.25) is 17.7 Å². The van der Waals surface area contributed by atoms with Gasteiger partial charge in [-0.1, -0.05) is 36.4 Å². The smallest absolute Gasteiger partial charge is 0.240 e. The highest BCUT2D eigenvalue weighted by Gasteiger charge is 2.54. The Morgan fingerprint density at radius 3 is 2.33 bits per heavy atom.